The van der Waals surface area contributed by atoms with E-state index in [0.29, 0.717) is 0 Å². The Hall–Kier alpha value is -4.41. The van der Waals surface area contributed by atoms with Crippen LogP contribution in [0.3, 0.4) is 0 Å². The summed E-state index contributed by atoms with van der Waals surface area (Å²) in [7, 11) is 0. The zero-order chi connectivity index (χ0) is 29.3. The van der Waals surface area contributed by atoms with Crippen molar-refractivity contribution in [3.8, 4) is 17.2 Å². The molecule has 0 saturated heterocycles. The Labute approximate surface area is 226 Å². The van der Waals surface area contributed by atoms with Gasteiger partial charge in [0.05, 0.1) is 5.56 Å². The van der Waals surface area contributed by atoms with Crippen molar-refractivity contribution in [2.45, 2.75) is 33.8 Å². The number of ketones is 1. The Balaban J connectivity index is 1.51. The number of fused-ring (bicyclic) bond motifs is 1. The smallest absolute Gasteiger partial charge is 0.352 e. The second-order valence-corrected chi connectivity index (χ2v) is 8.85. The highest BCUT2D eigenvalue weighted by Crippen LogP contribution is 2.39. The first-order valence-electron chi connectivity index (χ1n) is 12.3. The Bertz CT molecular complexity index is 1490. The number of nitrogens with zero attached hydrogens (tertiary/aromatic N) is 1. The Kier molecular flexibility index (Phi) is 8.13. The maximum atomic E-state index is 13.9. The summed E-state index contributed by atoms with van der Waals surface area (Å²) in [5.41, 5.74) is 2.27. The zero-order valence-electron chi connectivity index (χ0n) is 21.9. The standard InChI is InChI=1S/C29H24F5NO5/c1-5-35(6-2)17-9-7-16(8-10-17)13-20-26(36)18-11-12-19(14(3)27(18)39-20)40-29(37)15(4)38-28-24(33)22(31)21(30)23(32)25(28)34/h7-13,15H,5-6H2,1-4H3/b20-13-. The van der Waals surface area contributed by atoms with E-state index in [0.717, 1.165) is 31.3 Å². The van der Waals surface area contributed by atoms with Gasteiger partial charge < -0.3 is 19.1 Å². The maximum absolute atomic E-state index is 13.9. The highest BCUT2D eigenvalue weighted by molar-refractivity contribution is 6.15. The van der Waals surface area contributed by atoms with Crippen LogP contribution in [0.2, 0.25) is 0 Å². The van der Waals surface area contributed by atoms with Gasteiger partial charge in [0.25, 0.3) is 0 Å². The van der Waals surface area contributed by atoms with E-state index in [9.17, 15) is 31.5 Å². The Morgan fingerprint density at radius 2 is 1.50 bits per heavy atom. The van der Waals surface area contributed by atoms with E-state index in [-0.39, 0.29) is 34.2 Å². The lowest BCUT2D eigenvalue weighted by Gasteiger charge is -2.20. The van der Waals surface area contributed by atoms with Gasteiger partial charge in [-0.3, -0.25) is 4.79 Å². The number of benzene rings is 3. The molecule has 0 aliphatic carbocycles. The molecule has 1 unspecified atom stereocenters. The summed E-state index contributed by atoms with van der Waals surface area (Å²) in [6.07, 6.45) is -0.183. The van der Waals surface area contributed by atoms with Crippen LogP contribution in [0, 0.1) is 36.0 Å². The average molecular weight is 562 g/mol. The van der Waals surface area contributed by atoms with Gasteiger partial charge in [0.1, 0.15) is 11.5 Å². The van der Waals surface area contributed by atoms with E-state index in [4.69, 9.17) is 14.2 Å². The Morgan fingerprint density at radius 3 is 2.08 bits per heavy atom. The van der Waals surface area contributed by atoms with Gasteiger partial charge in [0.2, 0.25) is 34.9 Å². The number of anilines is 1. The summed E-state index contributed by atoms with van der Waals surface area (Å²) >= 11 is 0. The number of carbonyl (C=O) groups is 2. The minimum absolute atomic E-state index is 0.0557. The van der Waals surface area contributed by atoms with Crippen molar-refractivity contribution in [3.05, 3.63) is 87.9 Å². The first-order chi connectivity index (χ1) is 19.0. The molecule has 40 heavy (non-hydrogen) atoms. The third-order valence-corrected chi connectivity index (χ3v) is 6.36. The minimum Gasteiger partial charge on any atom is -0.473 e. The molecule has 210 valence electrons. The summed E-state index contributed by atoms with van der Waals surface area (Å²) in [6.45, 7) is 8.33. The number of ether oxygens (including phenoxy) is 3. The number of hydrogen-bond donors (Lipinski definition) is 0. The number of Topliss-reactive ketones (excluding diaryl/α,β-unsaturated/α-hetero) is 1. The monoisotopic (exact) mass is 561 g/mol. The van der Waals surface area contributed by atoms with Crippen molar-refractivity contribution in [2.75, 3.05) is 18.0 Å². The van der Waals surface area contributed by atoms with E-state index in [1.807, 2.05) is 24.3 Å². The van der Waals surface area contributed by atoms with Gasteiger partial charge in [-0.25, -0.2) is 18.0 Å². The van der Waals surface area contributed by atoms with Crippen LogP contribution in [0.4, 0.5) is 27.6 Å². The largest absolute Gasteiger partial charge is 0.473 e. The number of rotatable bonds is 8. The average Bonchev–Trinajstić information content (AvgIpc) is 3.27. The second kappa shape index (κ2) is 11.4. The molecule has 3 aromatic rings. The fraction of sp³-hybridized carbons (Fsp3) is 0.241. The zero-order valence-corrected chi connectivity index (χ0v) is 21.9. The van der Waals surface area contributed by atoms with Gasteiger partial charge >= 0.3 is 5.97 Å². The quantitative estimate of drug-likeness (QED) is 0.0779. The SMILES string of the molecule is CCN(CC)c1ccc(/C=C2\Oc3c(ccc(OC(=O)C(C)Oc4c(F)c(F)c(F)c(F)c4F)c3C)C2=O)cc1. The number of carbonyl (C=O) groups excluding carboxylic acids is 2. The van der Waals surface area contributed by atoms with Crippen LogP contribution in [0.1, 0.15) is 42.3 Å². The summed E-state index contributed by atoms with van der Waals surface area (Å²) in [6, 6.07) is 10.3. The lowest BCUT2D eigenvalue weighted by Crippen LogP contribution is -2.29. The second-order valence-electron chi connectivity index (χ2n) is 8.85. The van der Waals surface area contributed by atoms with Crippen LogP contribution in [0.15, 0.2) is 42.2 Å². The number of esters is 1. The summed E-state index contributed by atoms with van der Waals surface area (Å²) < 4.78 is 83.8. The van der Waals surface area contributed by atoms with Crippen LogP contribution in [0.5, 0.6) is 17.2 Å². The molecule has 0 N–H and O–H groups in total. The minimum atomic E-state index is -2.36. The van der Waals surface area contributed by atoms with Crippen molar-refractivity contribution < 1.29 is 45.8 Å². The van der Waals surface area contributed by atoms with Crippen LogP contribution in [-0.2, 0) is 4.79 Å². The van der Waals surface area contributed by atoms with Crippen LogP contribution < -0.4 is 19.1 Å². The van der Waals surface area contributed by atoms with Crippen molar-refractivity contribution in [3.63, 3.8) is 0 Å². The summed E-state index contributed by atoms with van der Waals surface area (Å²) in [5, 5.41) is 0. The van der Waals surface area contributed by atoms with Crippen LogP contribution >= 0.6 is 0 Å². The first kappa shape index (κ1) is 28.6. The lowest BCUT2D eigenvalue weighted by molar-refractivity contribution is -0.141. The predicted molar refractivity (Wildman–Crippen MR) is 136 cm³/mol. The van der Waals surface area contributed by atoms with Gasteiger partial charge in [0, 0.05) is 24.3 Å². The fourth-order valence-corrected chi connectivity index (χ4v) is 4.10. The summed E-state index contributed by atoms with van der Waals surface area (Å²) in [5.74, 6) is -14.3. The third kappa shape index (κ3) is 5.23. The van der Waals surface area contributed by atoms with Gasteiger partial charge in [-0.1, -0.05) is 12.1 Å². The highest BCUT2D eigenvalue weighted by Gasteiger charge is 2.33. The molecular weight excluding hydrogens is 537 g/mol. The predicted octanol–water partition coefficient (Wildman–Crippen LogP) is 6.53. The molecule has 1 aliphatic rings. The van der Waals surface area contributed by atoms with Gasteiger partial charge in [-0.2, -0.15) is 8.78 Å². The van der Waals surface area contributed by atoms with E-state index >= 15 is 0 Å². The molecule has 1 atom stereocenters. The van der Waals surface area contributed by atoms with E-state index in [1.54, 1.807) is 6.08 Å². The maximum Gasteiger partial charge on any atom is 0.352 e. The van der Waals surface area contributed by atoms with Gasteiger partial charge in [-0.15, -0.1) is 0 Å². The fourth-order valence-electron chi connectivity index (χ4n) is 4.10. The van der Waals surface area contributed by atoms with Crippen LogP contribution in [0.25, 0.3) is 6.08 Å². The highest BCUT2D eigenvalue weighted by atomic mass is 19.2. The number of allylic oxidation sites excluding steroid dienone is 1. The molecule has 0 amide bonds. The number of hydrogen-bond acceptors (Lipinski definition) is 6. The van der Waals surface area contributed by atoms with Gasteiger partial charge in [-0.05, 0) is 63.6 Å². The molecule has 4 rings (SSSR count). The molecule has 1 heterocycles. The van der Waals surface area contributed by atoms with E-state index < -0.39 is 46.9 Å². The first-order valence-corrected chi connectivity index (χ1v) is 12.3. The molecule has 0 spiro atoms. The Morgan fingerprint density at radius 1 is 0.925 bits per heavy atom. The van der Waals surface area contributed by atoms with Crippen LogP contribution in [-0.4, -0.2) is 30.9 Å². The third-order valence-electron chi connectivity index (χ3n) is 6.36. The molecule has 0 radical (unpaired) electrons. The summed E-state index contributed by atoms with van der Waals surface area (Å²) in [4.78, 5) is 27.6. The van der Waals surface area contributed by atoms with E-state index in [1.165, 1.54) is 19.1 Å². The van der Waals surface area contributed by atoms with Gasteiger partial charge in [0.15, 0.2) is 17.6 Å². The molecule has 3 aromatic carbocycles. The molecular formula is C29H24F5NO5. The molecule has 0 saturated carbocycles. The molecule has 0 fully saturated rings. The van der Waals surface area contributed by atoms with Crippen molar-refractivity contribution >= 4 is 23.5 Å². The molecule has 1 aliphatic heterocycles. The van der Waals surface area contributed by atoms with E-state index in [2.05, 4.69) is 18.7 Å². The molecule has 0 aromatic heterocycles. The van der Waals surface area contributed by atoms with Crippen molar-refractivity contribution in [1.82, 2.24) is 0 Å². The van der Waals surface area contributed by atoms with Crippen molar-refractivity contribution in [2.24, 2.45) is 0 Å². The number of halogens is 5. The molecule has 0 bridgehead atoms. The topological polar surface area (TPSA) is 65.1 Å². The van der Waals surface area contributed by atoms with Crippen molar-refractivity contribution in [1.29, 1.82) is 0 Å². The lowest BCUT2D eigenvalue weighted by atomic mass is 10.1. The molecule has 6 nitrogen and oxygen atoms in total. The molecule has 11 heteroatoms. The normalized spacial score (nSPS) is 14.1.